The number of phenols is 1. The fraction of sp³-hybridized carbons (Fsp3) is 0.235. The number of carbonyl (C=O) groups is 1. The second-order valence-corrected chi connectivity index (χ2v) is 7.76. The highest BCUT2D eigenvalue weighted by atomic mass is 79.9. The Labute approximate surface area is 155 Å². The third kappa shape index (κ3) is 5.29. The van der Waals surface area contributed by atoms with Gasteiger partial charge >= 0.3 is 5.97 Å². The van der Waals surface area contributed by atoms with Crippen LogP contribution in [-0.4, -0.2) is 32.1 Å². The van der Waals surface area contributed by atoms with Crippen molar-refractivity contribution >= 4 is 31.9 Å². The largest absolute Gasteiger partial charge is 0.508 e. The molecule has 2 aromatic rings. The van der Waals surface area contributed by atoms with Crippen molar-refractivity contribution in [2.45, 2.75) is 24.3 Å². The molecule has 2 N–H and O–H groups in total. The SMILES string of the molecule is CCOC(=O)[C@H](Cc1ccc(O)cc1)NS(=O)(=O)c1ccccc1Br. The lowest BCUT2D eigenvalue weighted by atomic mass is 10.1. The average molecular weight is 428 g/mol. The maximum absolute atomic E-state index is 12.6. The summed E-state index contributed by atoms with van der Waals surface area (Å²) in [5.74, 6) is -0.573. The lowest BCUT2D eigenvalue weighted by Gasteiger charge is -2.18. The van der Waals surface area contributed by atoms with E-state index in [4.69, 9.17) is 4.74 Å². The van der Waals surface area contributed by atoms with Gasteiger partial charge in [0.1, 0.15) is 11.8 Å². The molecule has 6 nitrogen and oxygen atoms in total. The second kappa shape index (κ2) is 8.46. The fourth-order valence-electron chi connectivity index (χ4n) is 2.20. The van der Waals surface area contributed by atoms with Crippen molar-refractivity contribution in [1.29, 1.82) is 0 Å². The van der Waals surface area contributed by atoms with E-state index in [1.807, 2.05) is 0 Å². The molecular formula is C17H18BrNO5S. The second-order valence-electron chi connectivity index (χ2n) is 5.23. The van der Waals surface area contributed by atoms with Crippen LogP contribution in [-0.2, 0) is 26.0 Å². The van der Waals surface area contributed by atoms with Crippen LogP contribution in [0.3, 0.4) is 0 Å². The Morgan fingerprint density at radius 1 is 1.20 bits per heavy atom. The fourth-order valence-corrected chi connectivity index (χ4v) is 4.38. The molecule has 1 atom stereocenters. The molecule has 0 fully saturated rings. The predicted octanol–water partition coefficient (Wildman–Crippen LogP) is 2.61. The molecule has 0 aliphatic rings. The van der Waals surface area contributed by atoms with E-state index in [0.29, 0.717) is 10.0 Å². The lowest BCUT2D eigenvalue weighted by Crippen LogP contribution is -2.43. The molecule has 8 heteroatoms. The van der Waals surface area contributed by atoms with Gasteiger partial charge in [0.05, 0.1) is 11.5 Å². The summed E-state index contributed by atoms with van der Waals surface area (Å²) in [5, 5.41) is 9.34. The van der Waals surface area contributed by atoms with Crippen LogP contribution in [0.4, 0.5) is 0 Å². The third-order valence-electron chi connectivity index (χ3n) is 3.37. The number of carbonyl (C=O) groups excluding carboxylic acids is 1. The molecule has 25 heavy (non-hydrogen) atoms. The van der Waals surface area contributed by atoms with E-state index in [1.54, 1.807) is 37.3 Å². The van der Waals surface area contributed by atoms with Crippen molar-refractivity contribution in [1.82, 2.24) is 4.72 Å². The molecule has 0 radical (unpaired) electrons. The van der Waals surface area contributed by atoms with Gasteiger partial charge in [-0.3, -0.25) is 4.79 Å². The van der Waals surface area contributed by atoms with Crippen LogP contribution in [0.5, 0.6) is 5.75 Å². The van der Waals surface area contributed by atoms with Crippen molar-refractivity contribution < 1.29 is 23.1 Å². The molecule has 0 unspecified atom stereocenters. The molecule has 0 spiro atoms. The van der Waals surface area contributed by atoms with Crippen LogP contribution in [0.1, 0.15) is 12.5 Å². The zero-order valence-electron chi connectivity index (χ0n) is 13.5. The lowest BCUT2D eigenvalue weighted by molar-refractivity contribution is -0.145. The van der Waals surface area contributed by atoms with Crippen LogP contribution >= 0.6 is 15.9 Å². The third-order valence-corrected chi connectivity index (χ3v) is 5.85. The van der Waals surface area contributed by atoms with Gasteiger partial charge in [0.2, 0.25) is 10.0 Å². The Kier molecular flexibility index (Phi) is 6.57. The number of ether oxygens (including phenoxy) is 1. The van der Waals surface area contributed by atoms with E-state index in [-0.39, 0.29) is 23.7 Å². The van der Waals surface area contributed by atoms with E-state index in [1.165, 1.54) is 18.2 Å². The Hall–Kier alpha value is -1.90. The molecule has 2 rings (SSSR count). The summed E-state index contributed by atoms with van der Waals surface area (Å²) < 4.78 is 33.0. The average Bonchev–Trinajstić information content (AvgIpc) is 2.56. The highest BCUT2D eigenvalue weighted by molar-refractivity contribution is 9.10. The minimum Gasteiger partial charge on any atom is -0.508 e. The van der Waals surface area contributed by atoms with Crippen LogP contribution in [0.25, 0.3) is 0 Å². The topological polar surface area (TPSA) is 92.7 Å². The van der Waals surface area contributed by atoms with Gasteiger partial charge in [0.25, 0.3) is 0 Å². The van der Waals surface area contributed by atoms with Gasteiger partial charge in [0, 0.05) is 4.47 Å². The smallest absolute Gasteiger partial charge is 0.324 e. The minimum absolute atomic E-state index is 0.0370. The Morgan fingerprint density at radius 3 is 2.44 bits per heavy atom. The number of hydrogen-bond acceptors (Lipinski definition) is 5. The molecule has 0 saturated carbocycles. The van der Waals surface area contributed by atoms with Crippen molar-refractivity contribution in [2.24, 2.45) is 0 Å². The summed E-state index contributed by atoms with van der Waals surface area (Å²) in [6, 6.07) is 11.4. The zero-order valence-corrected chi connectivity index (χ0v) is 15.9. The number of rotatable bonds is 7. The van der Waals surface area contributed by atoms with E-state index < -0.39 is 22.0 Å². The van der Waals surface area contributed by atoms with E-state index in [0.717, 1.165) is 0 Å². The number of phenolic OH excluding ortho intramolecular Hbond substituents is 1. The van der Waals surface area contributed by atoms with Crippen LogP contribution in [0.15, 0.2) is 57.9 Å². The molecule has 2 aromatic carbocycles. The van der Waals surface area contributed by atoms with Gasteiger partial charge in [-0.2, -0.15) is 4.72 Å². The standard InChI is InChI=1S/C17H18BrNO5S/c1-2-24-17(21)15(11-12-7-9-13(20)10-8-12)19-25(22,23)16-6-4-3-5-14(16)18/h3-10,15,19-20H,2,11H2,1H3/t15-/m0/s1. The first-order chi connectivity index (χ1) is 11.8. The first kappa shape index (κ1) is 19.4. The molecule has 0 bridgehead atoms. The molecule has 134 valence electrons. The maximum atomic E-state index is 12.6. The normalized spacial score (nSPS) is 12.6. The molecule has 0 aliphatic carbocycles. The number of benzene rings is 2. The molecule has 0 amide bonds. The zero-order chi connectivity index (χ0) is 18.4. The van der Waals surface area contributed by atoms with Crippen LogP contribution in [0, 0.1) is 0 Å². The summed E-state index contributed by atoms with van der Waals surface area (Å²) in [5.41, 5.74) is 0.686. The highest BCUT2D eigenvalue weighted by Gasteiger charge is 2.28. The summed E-state index contributed by atoms with van der Waals surface area (Å²) >= 11 is 3.20. The number of sulfonamides is 1. The number of esters is 1. The van der Waals surface area contributed by atoms with Crippen LogP contribution in [0.2, 0.25) is 0 Å². The van der Waals surface area contributed by atoms with E-state index in [2.05, 4.69) is 20.7 Å². The quantitative estimate of drug-likeness (QED) is 0.662. The maximum Gasteiger partial charge on any atom is 0.324 e. The highest BCUT2D eigenvalue weighted by Crippen LogP contribution is 2.22. The van der Waals surface area contributed by atoms with Crippen LogP contribution < -0.4 is 4.72 Å². The summed E-state index contributed by atoms with van der Waals surface area (Å²) in [6.45, 7) is 1.79. The van der Waals surface area contributed by atoms with Crippen molar-refractivity contribution in [3.05, 3.63) is 58.6 Å². The number of nitrogens with one attached hydrogen (secondary N) is 1. The molecule has 0 aromatic heterocycles. The summed E-state index contributed by atoms with van der Waals surface area (Å²) in [7, 11) is -3.93. The van der Waals surface area contributed by atoms with Gasteiger partial charge in [-0.15, -0.1) is 0 Å². The van der Waals surface area contributed by atoms with Crippen molar-refractivity contribution in [3.63, 3.8) is 0 Å². The minimum atomic E-state index is -3.93. The number of aromatic hydroxyl groups is 1. The number of hydrogen-bond donors (Lipinski definition) is 2. The van der Waals surface area contributed by atoms with Gasteiger partial charge in [0.15, 0.2) is 0 Å². The van der Waals surface area contributed by atoms with Gasteiger partial charge in [-0.1, -0.05) is 24.3 Å². The molecule has 0 heterocycles. The number of halogens is 1. The summed E-state index contributed by atoms with van der Waals surface area (Å²) in [6.07, 6.45) is 0.1000. The van der Waals surface area contributed by atoms with Crippen molar-refractivity contribution in [3.8, 4) is 5.75 Å². The first-order valence-corrected chi connectivity index (χ1v) is 9.82. The first-order valence-electron chi connectivity index (χ1n) is 7.55. The monoisotopic (exact) mass is 427 g/mol. The molecular weight excluding hydrogens is 410 g/mol. The van der Waals surface area contributed by atoms with Gasteiger partial charge in [-0.05, 0) is 59.1 Å². The molecule has 0 aliphatic heterocycles. The Bertz CT molecular complexity index is 836. The Balaban J connectivity index is 2.28. The Morgan fingerprint density at radius 2 is 1.84 bits per heavy atom. The van der Waals surface area contributed by atoms with E-state index >= 15 is 0 Å². The molecule has 0 saturated heterocycles. The predicted molar refractivity (Wildman–Crippen MR) is 96.7 cm³/mol. The van der Waals surface area contributed by atoms with E-state index in [9.17, 15) is 18.3 Å². The van der Waals surface area contributed by atoms with Crippen molar-refractivity contribution in [2.75, 3.05) is 6.61 Å². The summed E-state index contributed by atoms with van der Waals surface area (Å²) in [4.78, 5) is 12.2. The van der Waals surface area contributed by atoms with Gasteiger partial charge < -0.3 is 9.84 Å². The van der Waals surface area contributed by atoms with Gasteiger partial charge in [-0.25, -0.2) is 8.42 Å².